The Morgan fingerprint density at radius 1 is 1.17 bits per heavy atom. The second kappa shape index (κ2) is 11.0. The number of para-hydroxylation sites is 1. The number of oxazole rings is 2. The lowest BCUT2D eigenvalue weighted by Gasteiger charge is -2.29. The largest absolute Gasteiger partial charge is 0.469 e. The highest BCUT2D eigenvalue weighted by Gasteiger charge is 2.61. The van der Waals surface area contributed by atoms with E-state index in [9.17, 15) is 19.5 Å². The Morgan fingerprint density at radius 2 is 1.96 bits per heavy atom. The zero-order valence-corrected chi connectivity index (χ0v) is 26.5. The third kappa shape index (κ3) is 4.67. The topological polar surface area (TPSA) is 178 Å². The van der Waals surface area contributed by atoms with Crippen molar-refractivity contribution in [1.82, 2.24) is 20.6 Å². The molecule has 2 aromatic heterocycles. The molecule has 4 bridgehead atoms. The summed E-state index contributed by atoms with van der Waals surface area (Å²) in [7, 11) is 1.25. The van der Waals surface area contributed by atoms with Crippen LogP contribution in [-0.4, -0.2) is 57.8 Å². The van der Waals surface area contributed by atoms with Crippen molar-refractivity contribution in [3.8, 4) is 17.3 Å². The fourth-order valence-corrected chi connectivity index (χ4v) is 6.50. The number of hydrogen-bond acceptors (Lipinski definition) is 11. The van der Waals surface area contributed by atoms with E-state index < -0.39 is 47.1 Å². The van der Waals surface area contributed by atoms with Crippen molar-refractivity contribution in [3.63, 3.8) is 0 Å². The zero-order chi connectivity index (χ0) is 33.2. The van der Waals surface area contributed by atoms with E-state index >= 15 is 0 Å². The number of benzene rings is 2. The van der Waals surface area contributed by atoms with E-state index in [1.807, 2.05) is 56.3 Å². The summed E-state index contributed by atoms with van der Waals surface area (Å²) in [6.07, 6.45) is 0.826. The number of ether oxygens (including phenoxy) is 2. The third-order valence-electron chi connectivity index (χ3n) is 9.32. The van der Waals surface area contributed by atoms with Crippen molar-refractivity contribution in [2.24, 2.45) is 5.92 Å². The van der Waals surface area contributed by atoms with E-state index in [0.29, 0.717) is 11.5 Å². The summed E-state index contributed by atoms with van der Waals surface area (Å²) >= 11 is 0. The van der Waals surface area contributed by atoms with Gasteiger partial charge in [0.1, 0.15) is 35.1 Å². The van der Waals surface area contributed by atoms with Gasteiger partial charge in [-0.15, -0.1) is 0 Å². The van der Waals surface area contributed by atoms with Crippen LogP contribution in [0, 0.1) is 5.92 Å². The maximum absolute atomic E-state index is 14.0. The van der Waals surface area contributed by atoms with Gasteiger partial charge in [0, 0.05) is 17.7 Å². The summed E-state index contributed by atoms with van der Waals surface area (Å²) in [4.78, 5) is 48.8. The van der Waals surface area contributed by atoms with Gasteiger partial charge in [-0.2, -0.15) is 0 Å². The van der Waals surface area contributed by atoms with Gasteiger partial charge in [-0.25, -0.2) is 14.8 Å². The highest BCUT2D eigenvalue weighted by molar-refractivity contribution is 5.91. The lowest BCUT2D eigenvalue weighted by molar-refractivity contribution is -0.141. The molecule has 7 rings (SSSR count). The molecule has 1 spiro atoms. The molecule has 5 atom stereocenters. The van der Waals surface area contributed by atoms with Gasteiger partial charge in [-0.1, -0.05) is 51.1 Å². The minimum atomic E-state index is -1.67. The number of methoxy groups -OCH3 is 1. The van der Waals surface area contributed by atoms with Crippen LogP contribution in [0.2, 0.25) is 0 Å². The molecule has 4 aromatic rings. The summed E-state index contributed by atoms with van der Waals surface area (Å²) in [5.74, 6) is -0.903. The maximum Gasteiger partial charge on any atom is 0.360 e. The monoisotopic (exact) mass is 641 g/mol. The fraction of sp³-hybridized carbons (Fsp3) is 0.382. The maximum atomic E-state index is 14.0. The average molecular weight is 642 g/mol. The Hall–Kier alpha value is -5.17. The fourth-order valence-electron chi connectivity index (χ4n) is 6.50. The molecule has 0 radical (unpaired) electrons. The van der Waals surface area contributed by atoms with Crippen LogP contribution >= 0.6 is 0 Å². The lowest BCUT2D eigenvalue weighted by Crippen LogP contribution is -2.54. The van der Waals surface area contributed by atoms with Gasteiger partial charge in [0.05, 0.1) is 7.11 Å². The standard InChI is InChI=1S/C34H35N5O8/c1-6-33(4,43)31(42)36-21-14-17-11-12-23-19(13-17)34(18-9-7-8-10-20(18)37-32(34)46-23)26-25(28-35-22(15-45-28)30(41)44-5)39-29(47-26)24(16(2)3)38-27(21)40/h7-13,15-16,21,24,32,37,43H,6,14H2,1-5H3,(H,36,42)(H,38,40)/t21?,24-,32?,33?,34?/m0/s1. The minimum Gasteiger partial charge on any atom is -0.469 e. The first-order valence-electron chi connectivity index (χ1n) is 15.5. The van der Waals surface area contributed by atoms with E-state index in [4.69, 9.17) is 23.3 Å². The molecule has 244 valence electrons. The van der Waals surface area contributed by atoms with E-state index in [2.05, 4.69) is 20.9 Å². The molecule has 13 heteroatoms. The number of anilines is 1. The van der Waals surface area contributed by atoms with E-state index in [0.717, 1.165) is 22.4 Å². The number of nitrogens with one attached hydrogen (secondary N) is 3. The van der Waals surface area contributed by atoms with Crippen molar-refractivity contribution in [2.45, 2.75) is 69.9 Å². The molecule has 3 aliphatic heterocycles. The quantitative estimate of drug-likeness (QED) is 0.226. The van der Waals surface area contributed by atoms with E-state index in [1.54, 1.807) is 6.92 Å². The lowest BCUT2D eigenvalue weighted by atomic mass is 9.72. The zero-order valence-electron chi connectivity index (χ0n) is 26.5. The molecule has 0 saturated carbocycles. The van der Waals surface area contributed by atoms with Crippen LogP contribution in [0.25, 0.3) is 11.6 Å². The molecule has 3 aliphatic rings. The number of carbonyl (C=O) groups is 3. The van der Waals surface area contributed by atoms with Gasteiger partial charge in [-0.3, -0.25) is 9.59 Å². The number of esters is 1. The van der Waals surface area contributed by atoms with Gasteiger partial charge in [0.25, 0.3) is 5.91 Å². The number of rotatable bonds is 6. The number of hydrogen-bond donors (Lipinski definition) is 4. The second-order valence-electron chi connectivity index (χ2n) is 12.7. The molecule has 0 aliphatic carbocycles. The first kappa shape index (κ1) is 30.5. The summed E-state index contributed by atoms with van der Waals surface area (Å²) in [6.45, 7) is 6.92. The Morgan fingerprint density at radius 3 is 2.70 bits per heavy atom. The van der Waals surface area contributed by atoms with Crippen molar-refractivity contribution >= 4 is 23.5 Å². The molecule has 47 heavy (non-hydrogen) atoms. The highest BCUT2D eigenvalue weighted by Crippen LogP contribution is 2.59. The summed E-state index contributed by atoms with van der Waals surface area (Å²) in [6, 6.07) is 11.6. The van der Waals surface area contributed by atoms with Gasteiger partial charge in [0.15, 0.2) is 23.4 Å². The summed E-state index contributed by atoms with van der Waals surface area (Å²) < 4.78 is 24.0. The van der Waals surface area contributed by atoms with Crippen LogP contribution in [0.15, 0.2) is 57.6 Å². The van der Waals surface area contributed by atoms with Crippen molar-refractivity contribution in [2.75, 3.05) is 12.4 Å². The van der Waals surface area contributed by atoms with Gasteiger partial charge < -0.3 is 39.4 Å². The predicted octanol–water partition coefficient (Wildman–Crippen LogP) is 3.61. The molecule has 2 amide bonds. The Labute approximate surface area is 270 Å². The van der Waals surface area contributed by atoms with E-state index in [-0.39, 0.29) is 41.9 Å². The first-order valence-corrected chi connectivity index (χ1v) is 15.5. The molecular formula is C34H35N5O8. The summed E-state index contributed by atoms with van der Waals surface area (Å²) in [5, 5.41) is 20.0. The first-order chi connectivity index (χ1) is 22.5. The van der Waals surface area contributed by atoms with Crippen LogP contribution in [0.3, 0.4) is 0 Å². The van der Waals surface area contributed by atoms with Crippen molar-refractivity contribution in [3.05, 3.63) is 82.8 Å². The summed E-state index contributed by atoms with van der Waals surface area (Å²) in [5.41, 5.74) is 0.573. The molecule has 0 fully saturated rings. The number of aromatic nitrogens is 2. The molecule has 4 N–H and O–H groups in total. The number of amides is 2. The third-order valence-corrected chi connectivity index (χ3v) is 9.32. The molecule has 0 saturated heterocycles. The Bertz CT molecular complexity index is 1910. The number of aliphatic hydroxyl groups is 1. The second-order valence-corrected chi connectivity index (χ2v) is 12.7. The van der Waals surface area contributed by atoms with Crippen LogP contribution in [0.4, 0.5) is 5.69 Å². The normalized spacial score (nSPS) is 23.6. The van der Waals surface area contributed by atoms with Crippen LogP contribution in [0.5, 0.6) is 5.75 Å². The minimum absolute atomic E-state index is 0.0214. The van der Waals surface area contributed by atoms with Gasteiger partial charge >= 0.3 is 5.97 Å². The smallest absolute Gasteiger partial charge is 0.360 e. The predicted molar refractivity (Wildman–Crippen MR) is 166 cm³/mol. The number of fused-ring (bicyclic) bond motifs is 4. The van der Waals surface area contributed by atoms with Crippen LogP contribution in [0.1, 0.15) is 79.0 Å². The molecule has 13 nitrogen and oxygen atoms in total. The Balaban J connectivity index is 1.48. The van der Waals surface area contributed by atoms with E-state index in [1.165, 1.54) is 20.3 Å². The molecule has 5 heterocycles. The average Bonchev–Trinajstić information content (AvgIpc) is 3.83. The molecule has 2 aromatic carbocycles. The number of carbonyl (C=O) groups excluding carboxylic acids is 3. The van der Waals surface area contributed by atoms with Crippen molar-refractivity contribution < 1.29 is 37.8 Å². The number of nitrogens with zero attached hydrogens (tertiary/aromatic N) is 2. The van der Waals surface area contributed by atoms with Crippen LogP contribution < -0.4 is 20.7 Å². The Kier molecular flexibility index (Phi) is 7.12. The van der Waals surface area contributed by atoms with Crippen LogP contribution in [-0.2, 0) is 26.2 Å². The van der Waals surface area contributed by atoms with Gasteiger partial charge in [-0.05, 0) is 42.5 Å². The molecular weight excluding hydrogens is 606 g/mol. The SMILES string of the molecule is CCC(C)(O)C(=O)NC1Cc2ccc3c(c2)C2(c4ccccc4NC2O3)c2oc(nc2-c2nc(C(=O)OC)co2)[C@H](C(C)C)NC1=O. The van der Waals surface area contributed by atoms with Crippen molar-refractivity contribution in [1.29, 1.82) is 0 Å². The van der Waals surface area contributed by atoms with Gasteiger partial charge in [0.2, 0.25) is 17.7 Å². The highest BCUT2D eigenvalue weighted by atomic mass is 16.5. The molecule has 4 unspecified atom stereocenters.